The van der Waals surface area contributed by atoms with E-state index in [4.69, 9.17) is 14.5 Å². The van der Waals surface area contributed by atoms with E-state index in [0.717, 1.165) is 21.9 Å². The average molecular weight is 420 g/mol. The molecule has 29 heavy (non-hydrogen) atoms. The Kier molecular flexibility index (Phi) is 6.04. The summed E-state index contributed by atoms with van der Waals surface area (Å²) in [5.74, 6) is -0.505. The van der Waals surface area contributed by atoms with Crippen LogP contribution in [-0.4, -0.2) is 40.0 Å². The van der Waals surface area contributed by atoms with Crippen molar-refractivity contribution in [3.8, 4) is 0 Å². The van der Waals surface area contributed by atoms with Gasteiger partial charge in [-0.15, -0.1) is 0 Å². The van der Waals surface area contributed by atoms with Crippen molar-refractivity contribution in [2.45, 2.75) is 20.3 Å². The van der Waals surface area contributed by atoms with Gasteiger partial charge < -0.3 is 19.5 Å². The lowest BCUT2D eigenvalue weighted by molar-refractivity contribution is -0.112. The van der Waals surface area contributed by atoms with Crippen LogP contribution < -0.4 is 4.90 Å². The number of nitrogens with zero attached hydrogens (tertiary/aromatic N) is 1. The third-order valence-electron chi connectivity index (χ3n) is 4.30. The molecule has 0 bridgehead atoms. The van der Waals surface area contributed by atoms with E-state index < -0.39 is 19.8 Å². The molecule has 10 heteroatoms. The van der Waals surface area contributed by atoms with Gasteiger partial charge in [-0.1, -0.05) is 18.2 Å². The maximum absolute atomic E-state index is 13.0. The molecule has 154 valence electrons. The Hall–Kier alpha value is -2.71. The summed E-state index contributed by atoms with van der Waals surface area (Å²) in [7, 11) is -4.56. The fraction of sp³-hybridized carbons (Fsp3) is 0.263. The first-order valence-electron chi connectivity index (χ1n) is 8.86. The summed E-state index contributed by atoms with van der Waals surface area (Å²) in [4.78, 5) is 46.9. The number of hydrogen-bond acceptors (Lipinski definition) is 5. The summed E-state index contributed by atoms with van der Waals surface area (Å²) in [6.07, 6.45) is 0.927. The summed E-state index contributed by atoms with van der Waals surface area (Å²) in [6, 6.07) is 8.86. The van der Waals surface area contributed by atoms with Crippen molar-refractivity contribution in [2.75, 3.05) is 18.1 Å². The first-order valence-corrected chi connectivity index (χ1v) is 10.4. The summed E-state index contributed by atoms with van der Waals surface area (Å²) < 4.78 is 20.0. The molecule has 0 atom stereocenters. The SMILES string of the molecule is Cc1cc(C)c(C=C2C(=O)N(C(=O)OCCCOP(=O)(O)O)c3ccccc32)[nH]1. The van der Waals surface area contributed by atoms with Gasteiger partial charge in [0, 0.05) is 23.4 Å². The Bertz CT molecular complexity index is 1020. The highest BCUT2D eigenvalue weighted by atomic mass is 31.2. The molecule has 0 aliphatic carbocycles. The van der Waals surface area contributed by atoms with Gasteiger partial charge in [-0.3, -0.25) is 9.32 Å². The van der Waals surface area contributed by atoms with Gasteiger partial charge in [0.05, 0.1) is 24.5 Å². The van der Waals surface area contributed by atoms with E-state index in [1.165, 1.54) is 0 Å². The highest BCUT2D eigenvalue weighted by molar-refractivity contribution is 7.46. The highest BCUT2D eigenvalue weighted by Crippen LogP contribution is 2.38. The maximum atomic E-state index is 13.0. The van der Waals surface area contributed by atoms with Crippen molar-refractivity contribution in [2.24, 2.45) is 0 Å². The molecule has 2 aromatic rings. The molecule has 1 aliphatic rings. The molecular weight excluding hydrogens is 399 g/mol. The van der Waals surface area contributed by atoms with Crippen LogP contribution >= 0.6 is 7.82 Å². The number of hydrogen-bond donors (Lipinski definition) is 3. The van der Waals surface area contributed by atoms with Crippen LogP contribution in [-0.2, 0) is 18.6 Å². The van der Waals surface area contributed by atoms with E-state index >= 15 is 0 Å². The van der Waals surface area contributed by atoms with Crippen LogP contribution in [0, 0.1) is 13.8 Å². The quantitative estimate of drug-likeness (QED) is 0.372. The second-order valence-corrected chi connectivity index (χ2v) is 7.80. The Morgan fingerprint density at radius 3 is 2.62 bits per heavy atom. The molecule has 0 radical (unpaired) electrons. The van der Waals surface area contributed by atoms with Crippen molar-refractivity contribution in [3.63, 3.8) is 0 Å². The minimum Gasteiger partial charge on any atom is -0.449 e. The number of imide groups is 1. The number of phosphoric acid groups is 1. The van der Waals surface area contributed by atoms with Crippen molar-refractivity contribution in [1.29, 1.82) is 0 Å². The highest BCUT2D eigenvalue weighted by Gasteiger charge is 2.37. The second-order valence-electron chi connectivity index (χ2n) is 6.56. The topological polar surface area (TPSA) is 129 Å². The summed E-state index contributed by atoms with van der Waals surface area (Å²) in [5.41, 5.74) is 4.12. The van der Waals surface area contributed by atoms with Crippen LogP contribution in [0.4, 0.5) is 10.5 Å². The maximum Gasteiger partial charge on any atom is 0.469 e. The Morgan fingerprint density at radius 1 is 1.24 bits per heavy atom. The minimum atomic E-state index is -4.56. The molecule has 3 N–H and O–H groups in total. The molecule has 0 fully saturated rings. The number of nitrogens with one attached hydrogen (secondary N) is 1. The van der Waals surface area contributed by atoms with Crippen molar-refractivity contribution < 1.29 is 33.2 Å². The van der Waals surface area contributed by atoms with Gasteiger partial charge in [0.2, 0.25) is 0 Å². The number of carbonyl (C=O) groups is 2. The largest absolute Gasteiger partial charge is 0.469 e. The third kappa shape index (κ3) is 4.83. The Morgan fingerprint density at radius 2 is 1.97 bits per heavy atom. The lowest BCUT2D eigenvalue weighted by Crippen LogP contribution is -2.34. The standard InChI is InChI=1S/C19H21N2O7P/c1-12-10-13(2)20-16(12)11-15-14-6-3-4-7-17(14)21(18(15)22)19(23)27-8-5-9-28-29(24,25)26/h3-4,6-7,10-11,20H,5,8-9H2,1-2H3,(H2,24,25,26). The van der Waals surface area contributed by atoms with E-state index in [1.807, 2.05) is 19.9 Å². The van der Waals surface area contributed by atoms with Gasteiger partial charge in [0.25, 0.3) is 5.91 Å². The molecule has 1 aromatic carbocycles. The number of amides is 2. The van der Waals surface area contributed by atoms with Crippen LogP contribution in [0.2, 0.25) is 0 Å². The smallest absolute Gasteiger partial charge is 0.449 e. The number of aromatic amines is 1. The third-order valence-corrected chi connectivity index (χ3v) is 4.82. The van der Waals surface area contributed by atoms with Crippen molar-refractivity contribution >= 4 is 37.2 Å². The molecule has 1 aromatic heterocycles. The Labute approximate surface area is 167 Å². The van der Waals surface area contributed by atoms with Gasteiger partial charge in [-0.25, -0.2) is 14.3 Å². The lowest BCUT2D eigenvalue weighted by atomic mass is 10.1. The minimum absolute atomic E-state index is 0.0736. The molecule has 1 aliphatic heterocycles. The fourth-order valence-corrected chi connectivity index (χ4v) is 3.44. The zero-order chi connectivity index (χ0) is 21.2. The summed E-state index contributed by atoms with van der Waals surface area (Å²) in [5, 5.41) is 0. The van der Waals surface area contributed by atoms with Gasteiger partial charge in [0.15, 0.2) is 0 Å². The molecule has 0 saturated heterocycles. The fourth-order valence-electron chi connectivity index (χ4n) is 3.07. The molecule has 0 saturated carbocycles. The van der Waals surface area contributed by atoms with Crippen LogP contribution in [0.5, 0.6) is 0 Å². The normalized spacial score (nSPS) is 15.1. The monoisotopic (exact) mass is 420 g/mol. The zero-order valence-electron chi connectivity index (χ0n) is 15.9. The van der Waals surface area contributed by atoms with Gasteiger partial charge in [-0.2, -0.15) is 0 Å². The van der Waals surface area contributed by atoms with Crippen LogP contribution in [0.25, 0.3) is 11.6 Å². The number of rotatable bonds is 6. The van der Waals surface area contributed by atoms with E-state index in [0.29, 0.717) is 16.8 Å². The van der Waals surface area contributed by atoms with Crippen LogP contribution in [0.1, 0.15) is 28.9 Å². The van der Waals surface area contributed by atoms with Gasteiger partial charge >= 0.3 is 13.9 Å². The van der Waals surface area contributed by atoms with Gasteiger partial charge in [0.1, 0.15) is 0 Å². The molecule has 2 amide bonds. The van der Waals surface area contributed by atoms with E-state index in [9.17, 15) is 14.2 Å². The predicted molar refractivity (Wildman–Crippen MR) is 106 cm³/mol. The molecular formula is C19H21N2O7P. The van der Waals surface area contributed by atoms with Gasteiger partial charge in [-0.05, 0) is 37.6 Å². The van der Waals surface area contributed by atoms with E-state index in [1.54, 1.807) is 30.3 Å². The number of benzene rings is 1. The summed E-state index contributed by atoms with van der Waals surface area (Å²) >= 11 is 0. The number of carbonyl (C=O) groups excluding carboxylic acids is 2. The van der Waals surface area contributed by atoms with Crippen LogP contribution in [0.15, 0.2) is 30.3 Å². The van der Waals surface area contributed by atoms with E-state index in [2.05, 4.69) is 9.51 Å². The van der Waals surface area contributed by atoms with Crippen molar-refractivity contribution in [3.05, 3.63) is 52.8 Å². The number of aryl methyl sites for hydroxylation is 2. The van der Waals surface area contributed by atoms with E-state index in [-0.39, 0.29) is 19.6 Å². The number of phosphoric ester groups is 1. The predicted octanol–water partition coefficient (Wildman–Crippen LogP) is 3.15. The molecule has 2 heterocycles. The number of para-hydroxylation sites is 1. The first kappa shape index (κ1) is 21.0. The molecule has 0 unspecified atom stereocenters. The lowest BCUT2D eigenvalue weighted by Gasteiger charge is -2.15. The molecule has 0 spiro atoms. The first-order chi connectivity index (χ1) is 13.7. The number of H-pyrrole nitrogens is 1. The summed E-state index contributed by atoms with van der Waals surface area (Å²) in [6.45, 7) is 3.41. The van der Waals surface area contributed by atoms with Crippen LogP contribution in [0.3, 0.4) is 0 Å². The second kappa shape index (κ2) is 8.34. The number of aromatic nitrogens is 1. The molecule has 3 rings (SSSR count). The zero-order valence-corrected chi connectivity index (χ0v) is 16.8. The van der Waals surface area contributed by atoms with Crippen molar-refractivity contribution in [1.82, 2.24) is 4.98 Å². The average Bonchev–Trinajstić information content (AvgIpc) is 3.10. The Balaban J connectivity index is 1.77. The number of fused-ring (bicyclic) bond motifs is 1. The molecule has 9 nitrogen and oxygen atoms in total. The number of anilines is 1. The number of ether oxygens (including phenoxy) is 1.